The summed E-state index contributed by atoms with van der Waals surface area (Å²) < 4.78 is 6.54. The van der Waals surface area contributed by atoms with Crippen molar-refractivity contribution in [3.63, 3.8) is 0 Å². The first-order valence-electron chi connectivity index (χ1n) is 10.2. The first kappa shape index (κ1) is 23.7. The van der Waals surface area contributed by atoms with E-state index < -0.39 is 23.8 Å². The SMILES string of the molecule is O=C1NC(=O)N(c2ccc(O)cc2)C(=O)/C1=C/c1cc(Br)ccc1OCc1ccc(C(=O)O)cc1. The number of amides is 4. The molecule has 1 aliphatic heterocycles. The third-order valence-electron chi connectivity index (χ3n) is 5.08. The Labute approximate surface area is 207 Å². The summed E-state index contributed by atoms with van der Waals surface area (Å²) in [6.07, 6.45) is 1.32. The number of carboxylic acids is 1. The highest BCUT2D eigenvalue weighted by atomic mass is 79.9. The van der Waals surface area contributed by atoms with Crippen molar-refractivity contribution in [2.24, 2.45) is 0 Å². The fraction of sp³-hybridized carbons (Fsp3) is 0.0400. The molecule has 4 amide bonds. The molecule has 1 heterocycles. The summed E-state index contributed by atoms with van der Waals surface area (Å²) >= 11 is 3.36. The van der Waals surface area contributed by atoms with E-state index in [-0.39, 0.29) is 29.2 Å². The highest BCUT2D eigenvalue weighted by Gasteiger charge is 2.37. The number of benzene rings is 3. The smallest absolute Gasteiger partial charge is 0.335 e. The van der Waals surface area contributed by atoms with Crippen molar-refractivity contribution in [1.82, 2.24) is 5.32 Å². The predicted octanol–water partition coefficient (Wildman–Crippen LogP) is 4.10. The van der Waals surface area contributed by atoms with E-state index in [0.717, 1.165) is 4.90 Å². The van der Waals surface area contributed by atoms with Gasteiger partial charge in [0.25, 0.3) is 11.8 Å². The molecule has 0 bridgehead atoms. The van der Waals surface area contributed by atoms with Crippen LogP contribution in [-0.4, -0.2) is 34.0 Å². The highest BCUT2D eigenvalue weighted by Crippen LogP contribution is 2.29. The predicted molar refractivity (Wildman–Crippen MR) is 129 cm³/mol. The molecule has 176 valence electrons. The normalized spacial score (nSPS) is 14.7. The average Bonchev–Trinajstić information content (AvgIpc) is 2.82. The molecule has 1 saturated heterocycles. The van der Waals surface area contributed by atoms with E-state index in [9.17, 15) is 24.3 Å². The maximum Gasteiger partial charge on any atom is 0.335 e. The van der Waals surface area contributed by atoms with Gasteiger partial charge in [0.1, 0.15) is 23.7 Å². The number of barbiturate groups is 1. The molecule has 3 N–H and O–H groups in total. The van der Waals surface area contributed by atoms with E-state index in [1.54, 1.807) is 30.3 Å². The third-order valence-corrected chi connectivity index (χ3v) is 5.57. The van der Waals surface area contributed by atoms with Crippen LogP contribution in [0.3, 0.4) is 0 Å². The van der Waals surface area contributed by atoms with Gasteiger partial charge in [0.15, 0.2) is 0 Å². The summed E-state index contributed by atoms with van der Waals surface area (Å²) in [5, 5.41) is 20.7. The number of nitrogens with one attached hydrogen (secondary N) is 1. The molecule has 3 aromatic carbocycles. The number of hydrogen-bond donors (Lipinski definition) is 3. The lowest BCUT2D eigenvalue weighted by Gasteiger charge is -2.26. The number of carboxylic acid groups (broad SMARTS) is 1. The lowest BCUT2D eigenvalue weighted by Crippen LogP contribution is -2.54. The van der Waals surface area contributed by atoms with E-state index in [1.807, 2.05) is 0 Å². The molecule has 0 saturated carbocycles. The number of anilines is 1. The van der Waals surface area contributed by atoms with Gasteiger partial charge in [0, 0.05) is 10.0 Å². The van der Waals surface area contributed by atoms with Crippen molar-refractivity contribution in [1.29, 1.82) is 0 Å². The Kier molecular flexibility index (Phi) is 6.65. The van der Waals surface area contributed by atoms with Crippen LogP contribution in [-0.2, 0) is 16.2 Å². The first-order valence-corrected chi connectivity index (χ1v) is 11.0. The summed E-state index contributed by atoms with van der Waals surface area (Å²) in [5.74, 6) is -2.41. The molecule has 35 heavy (non-hydrogen) atoms. The van der Waals surface area contributed by atoms with Crippen LogP contribution >= 0.6 is 15.9 Å². The quantitative estimate of drug-likeness (QED) is 0.319. The molecule has 0 aromatic heterocycles. The molecule has 0 aliphatic carbocycles. The van der Waals surface area contributed by atoms with Crippen molar-refractivity contribution in [3.05, 3.63) is 93.5 Å². The molecular weight excluding hydrogens is 520 g/mol. The van der Waals surface area contributed by atoms with Gasteiger partial charge in [-0.15, -0.1) is 0 Å². The topological polar surface area (TPSA) is 133 Å². The number of rotatable bonds is 6. The molecule has 3 aromatic rings. The zero-order valence-electron chi connectivity index (χ0n) is 17.9. The van der Waals surface area contributed by atoms with Crippen molar-refractivity contribution in [3.8, 4) is 11.5 Å². The Balaban J connectivity index is 1.63. The van der Waals surface area contributed by atoms with Gasteiger partial charge >= 0.3 is 12.0 Å². The average molecular weight is 537 g/mol. The molecule has 0 unspecified atom stereocenters. The monoisotopic (exact) mass is 536 g/mol. The largest absolute Gasteiger partial charge is 0.508 e. The van der Waals surface area contributed by atoms with Crippen molar-refractivity contribution in [2.45, 2.75) is 6.61 Å². The van der Waals surface area contributed by atoms with E-state index >= 15 is 0 Å². The molecule has 0 radical (unpaired) electrons. The zero-order valence-corrected chi connectivity index (χ0v) is 19.5. The van der Waals surface area contributed by atoms with E-state index in [0.29, 0.717) is 21.3 Å². The second-order valence-electron chi connectivity index (χ2n) is 7.45. The zero-order chi connectivity index (χ0) is 25.1. The molecule has 1 fully saturated rings. The van der Waals surface area contributed by atoms with Crippen LogP contribution in [0.25, 0.3) is 6.08 Å². The van der Waals surface area contributed by atoms with Crippen LogP contribution < -0.4 is 15.0 Å². The molecule has 1 aliphatic rings. The Morgan fingerprint density at radius 3 is 2.34 bits per heavy atom. The number of aromatic hydroxyl groups is 1. The first-order chi connectivity index (χ1) is 16.7. The standard InChI is InChI=1S/C25H17BrN2O7/c26-17-5-10-21(35-13-14-1-3-15(4-2-14)24(32)33)16(11-17)12-20-22(30)27-25(34)28(23(20)31)18-6-8-19(29)9-7-18/h1-12,29H,13H2,(H,32,33)(H,27,30,34)/b20-12+. The van der Waals surface area contributed by atoms with Gasteiger partial charge in [-0.05, 0) is 66.2 Å². The number of carbonyl (C=O) groups excluding carboxylic acids is 3. The van der Waals surface area contributed by atoms with Crippen LogP contribution in [0.5, 0.6) is 11.5 Å². The molecule has 4 rings (SSSR count). The summed E-state index contributed by atoms with van der Waals surface area (Å²) in [6.45, 7) is 0.107. The molecular formula is C25H17BrN2O7. The summed E-state index contributed by atoms with van der Waals surface area (Å²) in [5.41, 5.74) is 1.16. The number of carbonyl (C=O) groups is 4. The van der Waals surface area contributed by atoms with Crippen LogP contribution in [0, 0.1) is 0 Å². The summed E-state index contributed by atoms with van der Waals surface area (Å²) in [6, 6.07) is 15.7. The molecule has 0 atom stereocenters. The van der Waals surface area contributed by atoms with E-state index in [2.05, 4.69) is 21.2 Å². The number of ether oxygens (including phenoxy) is 1. The Bertz CT molecular complexity index is 1370. The minimum atomic E-state index is -1.03. The second-order valence-corrected chi connectivity index (χ2v) is 8.36. The second kappa shape index (κ2) is 9.82. The minimum Gasteiger partial charge on any atom is -0.508 e. The number of imide groups is 2. The van der Waals surface area contributed by atoms with Gasteiger partial charge in [-0.1, -0.05) is 28.1 Å². The Hall–Kier alpha value is -4.44. The number of nitrogens with zero attached hydrogens (tertiary/aromatic N) is 1. The van der Waals surface area contributed by atoms with Gasteiger partial charge in [0.2, 0.25) is 0 Å². The van der Waals surface area contributed by atoms with Crippen LogP contribution in [0.15, 0.2) is 76.8 Å². The van der Waals surface area contributed by atoms with Gasteiger partial charge in [-0.3, -0.25) is 14.9 Å². The summed E-state index contributed by atoms with van der Waals surface area (Å²) in [7, 11) is 0. The number of phenolic OH excluding ortho intramolecular Hbond substituents is 1. The molecule has 9 nitrogen and oxygen atoms in total. The van der Waals surface area contributed by atoms with E-state index in [4.69, 9.17) is 9.84 Å². The van der Waals surface area contributed by atoms with Crippen molar-refractivity contribution < 1.29 is 34.1 Å². The van der Waals surface area contributed by atoms with Gasteiger partial charge in [-0.2, -0.15) is 0 Å². The highest BCUT2D eigenvalue weighted by molar-refractivity contribution is 9.10. The number of urea groups is 1. The Morgan fingerprint density at radius 1 is 1.00 bits per heavy atom. The number of aromatic carboxylic acids is 1. The van der Waals surface area contributed by atoms with Crippen LogP contribution in [0.2, 0.25) is 0 Å². The molecule has 10 heteroatoms. The fourth-order valence-electron chi connectivity index (χ4n) is 3.32. The van der Waals surface area contributed by atoms with Gasteiger partial charge in [0.05, 0.1) is 11.3 Å². The Morgan fingerprint density at radius 2 is 1.69 bits per heavy atom. The van der Waals surface area contributed by atoms with Gasteiger partial charge < -0.3 is 14.9 Å². The maximum atomic E-state index is 13.1. The van der Waals surface area contributed by atoms with E-state index in [1.165, 1.54) is 42.5 Å². The lowest BCUT2D eigenvalue weighted by molar-refractivity contribution is -0.122. The van der Waals surface area contributed by atoms with Crippen LogP contribution in [0.1, 0.15) is 21.5 Å². The lowest BCUT2D eigenvalue weighted by atomic mass is 10.1. The molecule has 0 spiro atoms. The minimum absolute atomic E-state index is 0.0426. The third kappa shape index (κ3) is 5.22. The number of hydrogen-bond acceptors (Lipinski definition) is 6. The van der Waals surface area contributed by atoms with Crippen molar-refractivity contribution >= 4 is 51.5 Å². The fourth-order valence-corrected chi connectivity index (χ4v) is 3.70. The van der Waals surface area contributed by atoms with Crippen molar-refractivity contribution in [2.75, 3.05) is 4.90 Å². The number of phenols is 1. The van der Waals surface area contributed by atoms with Gasteiger partial charge in [-0.25, -0.2) is 14.5 Å². The number of halogens is 1. The summed E-state index contributed by atoms with van der Waals surface area (Å²) in [4.78, 5) is 49.8. The van der Waals surface area contributed by atoms with Crippen LogP contribution in [0.4, 0.5) is 10.5 Å². The maximum absolute atomic E-state index is 13.1.